The summed E-state index contributed by atoms with van der Waals surface area (Å²) in [5, 5.41) is 0. The van der Waals surface area contributed by atoms with Crippen LogP contribution in [0.15, 0.2) is 66.7 Å². The van der Waals surface area contributed by atoms with Gasteiger partial charge in [-0.3, -0.25) is 0 Å². The number of allylic oxidation sites excluding steroid dienone is 1. The summed E-state index contributed by atoms with van der Waals surface area (Å²) in [6.07, 6.45) is 4.83. The van der Waals surface area contributed by atoms with Gasteiger partial charge in [-0.2, -0.15) is 0 Å². The molecule has 0 saturated heterocycles. The van der Waals surface area contributed by atoms with Gasteiger partial charge in [0.2, 0.25) is 0 Å². The summed E-state index contributed by atoms with van der Waals surface area (Å²) >= 11 is 0. The van der Waals surface area contributed by atoms with E-state index in [1.165, 1.54) is 42.4 Å². The monoisotopic (exact) mass is 278 g/mol. The molecule has 0 atom stereocenters. The molecule has 0 bridgehead atoms. The van der Waals surface area contributed by atoms with Gasteiger partial charge >= 0.3 is 0 Å². The largest absolute Gasteiger partial charge is 0.489 e. The van der Waals surface area contributed by atoms with Crippen LogP contribution in [0.2, 0.25) is 0 Å². The SMILES string of the molecule is C=C1CCC(c2ccc(OCc3ccccc3)cc2)CC1. The van der Waals surface area contributed by atoms with Crippen LogP contribution in [-0.4, -0.2) is 0 Å². The Hall–Kier alpha value is -2.02. The van der Waals surface area contributed by atoms with E-state index in [1.807, 2.05) is 18.2 Å². The Labute approximate surface area is 127 Å². The van der Waals surface area contributed by atoms with Gasteiger partial charge in [0.05, 0.1) is 0 Å². The highest BCUT2D eigenvalue weighted by molar-refractivity contribution is 5.30. The lowest BCUT2D eigenvalue weighted by Crippen LogP contribution is -2.06. The molecule has 0 aromatic heterocycles. The molecule has 3 rings (SSSR count). The minimum absolute atomic E-state index is 0.628. The summed E-state index contributed by atoms with van der Waals surface area (Å²) in [6, 6.07) is 18.9. The van der Waals surface area contributed by atoms with Crippen LogP contribution >= 0.6 is 0 Å². The predicted molar refractivity (Wildman–Crippen MR) is 87.6 cm³/mol. The third-order valence-electron chi connectivity index (χ3n) is 4.29. The molecule has 0 aliphatic heterocycles. The number of hydrogen-bond donors (Lipinski definition) is 0. The van der Waals surface area contributed by atoms with Gasteiger partial charge in [0.15, 0.2) is 0 Å². The molecule has 0 unspecified atom stereocenters. The van der Waals surface area contributed by atoms with E-state index in [2.05, 4.69) is 43.0 Å². The summed E-state index contributed by atoms with van der Waals surface area (Å²) in [5.74, 6) is 1.64. The molecule has 0 radical (unpaired) electrons. The van der Waals surface area contributed by atoms with Crippen molar-refractivity contribution in [2.24, 2.45) is 0 Å². The van der Waals surface area contributed by atoms with E-state index < -0.39 is 0 Å². The number of rotatable bonds is 4. The van der Waals surface area contributed by atoms with Gasteiger partial charge in [-0.1, -0.05) is 54.6 Å². The Morgan fingerprint density at radius 3 is 2.24 bits per heavy atom. The molecular formula is C20H22O. The Morgan fingerprint density at radius 2 is 1.57 bits per heavy atom. The van der Waals surface area contributed by atoms with E-state index in [9.17, 15) is 0 Å². The lowest BCUT2D eigenvalue weighted by molar-refractivity contribution is 0.306. The van der Waals surface area contributed by atoms with Crippen molar-refractivity contribution in [2.75, 3.05) is 0 Å². The molecule has 1 nitrogen and oxygen atoms in total. The van der Waals surface area contributed by atoms with Crippen molar-refractivity contribution >= 4 is 0 Å². The van der Waals surface area contributed by atoms with Gasteiger partial charge in [0.25, 0.3) is 0 Å². The first-order chi connectivity index (χ1) is 10.3. The fraction of sp³-hybridized carbons (Fsp3) is 0.300. The van der Waals surface area contributed by atoms with Crippen LogP contribution in [0, 0.1) is 0 Å². The fourth-order valence-electron chi connectivity index (χ4n) is 2.94. The molecule has 1 heteroatoms. The van der Waals surface area contributed by atoms with E-state index in [-0.39, 0.29) is 0 Å². The van der Waals surface area contributed by atoms with Gasteiger partial charge in [-0.05, 0) is 54.9 Å². The van der Waals surface area contributed by atoms with Gasteiger partial charge < -0.3 is 4.74 Å². The molecule has 2 aromatic carbocycles. The van der Waals surface area contributed by atoms with Crippen LogP contribution in [0.4, 0.5) is 0 Å². The summed E-state index contributed by atoms with van der Waals surface area (Å²) in [6.45, 7) is 4.72. The molecule has 21 heavy (non-hydrogen) atoms. The minimum atomic E-state index is 0.628. The van der Waals surface area contributed by atoms with E-state index in [0.29, 0.717) is 12.5 Å². The van der Waals surface area contributed by atoms with Crippen molar-refractivity contribution in [3.8, 4) is 5.75 Å². The molecular weight excluding hydrogens is 256 g/mol. The van der Waals surface area contributed by atoms with Crippen molar-refractivity contribution in [2.45, 2.75) is 38.2 Å². The maximum Gasteiger partial charge on any atom is 0.119 e. The summed E-state index contributed by atoms with van der Waals surface area (Å²) in [7, 11) is 0. The highest BCUT2D eigenvalue weighted by atomic mass is 16.5. The molecule has 1 saturated carbocycles. The third kappa shape index (κ3) is 3.75. The molecule has 1 aliphatic carbocycles. The molecule has 0 N–H and O–H groups in total. The van der Waals surface area contributed by atoms with Crippen molar-refractivity contribution in [1.82, 2.24) is 0 Å². The maximum absolute atomic E-state index is 5.84. The first kappa shape index (κ1) is 13.9. The van der Waals surface area contributed by atoms with E-state index in [1.54, 1.807) is 0 Å². The first-order valence-electron chi connectivity index (χ1n) is 7.74. The first-order valence-corrected chi connectivity index (χ1v) is 7.74. The zero-order valence-electron chi connectivity index (χ0n) is 12.4. The molecule has 0 amide bonds. The van der Waals surface area contributed by atoms with Crippen molar-refractivity contribution in [1.29, 1.82) is 0 Å². The van der Waals surface area contributed by atoms with Crippen LogP contribution in [0.3, 0.4) is 0 Å². The lowest BCUT2D eigenvalue weighted by atomic mass is 9.82. The quantitative estimate of drug-likeness (QED) is 0.673. The smallest absolute Gasteiger partial charge is 0.119 e. The predicted octanol–water partition coefficient (Wildman–Crippen LogP) is 5.48. The Morgan fingerprint density at radius 1 is 0.905 bits per heavy atom. The van der Waals surface area contributed by atoms with Crippen molar-refractivity contribution in [3.05, 3.63) is 77.9 Å². The fourth-order valence-corrected chi connectivity index (χ4v) is 2.94. The minimum Gasteiger partial charge on any atom is -0.489 e. The highest BCUT2D eigenvalue weighted by Gasteiger charge is 2.17. The Bertz CT molecular complexity index is 573. The number of hydrogen-bond acceptors (Lipinski definition) is 1. The second-order valence-electron chi connectivity index (χ2n) is 5.87. The highest BCUT2D eigenvalue weighted by Crippen LogP contribution is 2.35. The zero-order valence-corrected chi connectivity index (χ0v) is 12.4. The van der Waals surface area contributed by atoms with Gasteiger partial charge in [-0.25, -0.2) is 0 Å². The van der Waals surface area contributed by atoms with E-state index in [4.69, 9.17) is 4.74 Å². The topological polar surface area (TPSA) is 9.23 Å². The Balaban J connectivity index is 1.58. The van der Waals surface area contributed by atoms with Crippen LogP contribution in [0.1, 0.15) is 42.7 Å². The lowest BCUT2D eigenvalue weighted by Gasteiger charge is -2.23. The normalized spacial score (nSPS) is 15.9. The average Bonchev–Trinajstić information content (AvgIpc) is 2.55. The summed E-state index contributed by atoms with van der Waals surface area (Å²) in [4.78, 5) is 0. The second kappa shape index (κ2) is 6.62. The molecule has 2 aromatic rings. The zero-order chi connectivity index (χ0) is 14.5. The second-order valence-corrected chi connectivity index (χ2v) is 5.87. The Kier molecular flexibility index (Phi) is 4.40. The molecule has 0 spiro atoms. The molecule has 1 fully saturated rings. The maximum atomic E-state index is 5.84. The molecule has 0 heterocycles. The van der Waals surface area contributed by atoms with Crippen LogP contribution < -0.4 is 4.74 Å². The summed E-state index contributed by atoms with van der Waals surface area (Å²) in [5.41, 5.74) is 4.05. The van der Waals surface area contributed by atoms with E-state index >= 15 is 0 Å². The standard InChI is InChI=1S/C20H22O/c1-16-7-9-18(10-8-16)19-11-13-20(14-12-19)21-15-17-5-3-2-4-6-17/h2-6,11-14,18H,1,7-10,15H2. The van der Waals surface area contributed by atoms with Gasteiger partial charge in [-0.15, -0.1) is 0 Å². The van der Waals surface area contributed by atoms with Gasteiger partial charge in [0, 0.05) is 0 Å². The van der Waals surface area contributed by atoms with Crippen molar-refractivity contribution < 1.29 is 4.74 Å². The molecule has 1 aliphatic rings. The summed E-state index contributed by atoms with van der Waals surface area (Å²) < 4.78 is 5.84. The average molecular weight is 278 g/mol. The van der Waals surface area contributed by atoms with Crippen molar-refractivity contribution in [3.63, 3.8) is 0 Å². The van der Waals surface area contributed by atoms with E-state index in [0.717, 1.165) is 5.75 Å². The number of ether oxygens (including phenoxy) is 1. The third-order valence-corrected chi connectivity index (χ3v) is 4.29. The van der Waals surface area contributed by atoms with Crippen LogP contribution in [0.5, 0.6) is 5.75 Å². The molecule has 108 valence electrons. The number of benzene rings is 2. The van der Waals surface area contributed by atoms with Crippen LogP contribution in [-0.2, 0) is 6.61 Å². The van der Waals surface area contributed by atoms with Gasteiger partial charge in [0.1, 0.15) is 12.4 Å². The van der Waals surface area contributed by atoms with Crippen LogP contribution in [0.25, 0.3) is 0 Å².